The van der Waals surface area contributed by atoms with E-state index in [9.17, 15) is 13.2 Å². The highest BCUT2D eigenvalue weighted by Gasteiger charge is 2.30. The summed E-state index contributed by atoms with van der Waals surface area (Å²) in [6, 6.07) is 5.14. The molecule has 1 aliphatic carbocycles. The Hall–Kier alpha value is -3.73. The van der Waals surface area contributed by atoms with Gasteiger partial charge in [-0.15, -0.1) is 0 Å². The van der Waals surface area contributed by atoms with Gasteiger partial charge in [-0.3, -0.25) is 9.36 Å². The van der Waals surface area contributed by atoms with Crippen LogP contribution >= 0.6 is 0 Å². The Morgan fingerprint density at radius 1 is 1.14 bits per heavy atom. The van der Waals surface area contributed by atoms with Crippen LogP contribution in [0.25, 0.3) is 22.6 Å². The molecule has 0 saturated heterocycles. The Morgan fingerprint density at radius 3 is 2.70 bits per heavy atom. The number of sulfone groups is 1. The van der Waals surface area contributed by atoms with Crippen LogP contribution in [-0.4, -0.2) is 43.7 Å². The molecule has 37 heavy (non-hydrogen) atoms. The number of nitrogens with zero attached hydrogens (tertiary/aromatic N) is 6. The summed E-state index contributed by atoms with van der Waals surface area (Å²) >= 11 is 0. The number of hydrogen-bond acceptors (Lipinski definition) is 9. The lowest BCUT2D eigenvalue weighted by Crippen LogP contribution is -2.27. The summed E-state index contributed by atoms with van der Waals surface area (Å²) < 4.78 is 25.9. The van der Waals surface area contributed by atoms with Gasteiger partial charge in [0.2, 0.25) is 0 Å². The predicted octanol–water partition coefficient (Wildman–Crippen LogP) is 3.35. The van der Waals surface area contributed by atoms with Gasteiger partial charge in [0.15, 0.2) is 27.1 Å². The zero-order valence-electron chi connectivity index (χ0n) is 20.9. The number of anilines is 1. The Morgan fingerprint density at radius 2 is 1.95 bits per heavy atom. The standard InChI is InChI=1S/C26H27N7O3S/c1-14(2)33-25-19(12-28-23(32-25)21-15(3)29-13-30-22(21)17-5-6-17)31-24(26(33)34)27-11-16-4-7-20-18(10-16)8-9-37(20,35)36/h4,7,10,12-14,17H,5-6,8-9,11H2,1-3H3,(H,27,31). The number of aromatic nitrogens is 6. The van der Waals surface area contributed by atoms with E-state index in [-0.39, 0.29) is 23.2 Å². The van der Waals surface area contributed by atoms with E-state index in [2.05, 4.69) is 25.3 Å². The Labute approximate surface area is 214 Å². The molecule has 4 heterocycles. The van der Waals surface area contributed by atoms with Crippen LogP contribution in [0.3, 0.4) is 0 Å². The van der Waals surface area contributed by atoms with Crippen molar-refractivity contribution in [3.63, 3.8) is 0 Å². The molecule has 0 unspecified atom stereocenters. The zero-order valence-corrected chi connectivity index (χ0v) is 21.7. The molecule has 2 aliphatic rings. The molecule has 0 atom stereocenters. The van der Waals surface area contributed by atoms with Gasteiger partial charge < -0.3 is 5.32 Å². The lowest BCUT2D eigenvalue weighted by molar-refractivity contribution is 0.593. The van der Waals surface area contributed by atoms with Gasteiger partial charge in [-0.25, -0.2) is 33.3 Å². The molecule has 4 aromatic rings. The molecule has 1 aromatic carbocycles. The van der Waals surface area contributed by atoms with E-state index in [1.807, 2.05) is 26.8 Å². The van der Waals surface area contributed by atoms with Gasteiger partial charge in [-0.05, 0) is 57.2 Å². The van der Waals surface area contributed by atoms with Crippen LogP contribution in [0.2, 0.25) is 0 Å². The number of aryl methyl sites for hydroxylation is 2. The Bertz CT molecular complexity index is 1730. The molecule has 1 N–H and O–H groups in total. The van der Waals surface area contributed by atoms with Crippen molar-refractivity contribution in [1.82, 2.24) is 29.5 Å². The first-order valence-electron chi connectivity index (χ1n) is 12.4. The SMILES string of the molecule is Cc1ncnc(C2CC2)c1-c1ncc2nc(NCc3ccc4c(c3)CCS4(=O)=O)c(=O)n(C(C)C)c2n1. The summed E-state index contributed by atoms with van der Waals surface area (Å²) in [6.07, 6.45) is 5.91. The molecule has 190 valence electrons. The third-order valence-corrected chi connectivity index (χ3v) is 8.77. The third-order valence-electron chi connectivity index (χ3n) is 6.96. The van der Waals surface area contributed by atoms with Gasteiger partial charge in [-0.2, -0.15) is 0 Å². The van der Waals surface area contributed by atoms with Gasteiger partial charge in [0.25, 0.3) is 5.56 Å². The molecule has 0 spiro atoms. The molecule has 1 fully saturated rings. The van der Waals surface area contributed by atoms with E-state index in [0.29, 0.717) is 40.8 Å². The average molecular weight is 518 g/mol. The van der Waals surface area contributed by atoms with Crippen LogP contribution in [-0.2, 0) is 22.8 Å². The Kier molecular flexibility index (Phi) is 5.55. The van der Waals surface area contributed by atoms with Crippen LogP contribution in [0.5, 0.6) is 0 Å². The summed E-state index contributed by atoms with van der Waals surface area (Å²) in [5.41, 5.74) is 4.98. The quantitative estimate of drug-likeness (QED) is 0.409. The normalized spacial score (nSPS) is 16.3. The monoisotopic (exact) mass is 517 g/mol. The molecular weight excluding hydrogens is 490 g/mol. The molecule has 0 amide bonds. The van der Waals surface area contributed by atoms with Crippen LogP contribution < -0.4 is 10.9 Å². The molecule has 3 aromatic heterocycles. The molecule has 0 bridgehead atoms. The summed E-state index contributed by atoms with van der Waals surface area (Å²) in [5.74, 6) is 1.23. The first kappa shape index (κ1) is 23.7. The maximum absolute atomic E-state index is 13.5. The second kappa shape index (κ2) is 8.69. The fourth-order valence-corrected chi connectivity index (χ4v) is 6.48. The highest BCUT2D eigenvalue weighted by atomic mass is 32.2. The van der Waals surface area contributed by atoms with Crippen LogP contribution in [0.4, 0.5) is 5.82 Å². The summed E-state index contributed by atoms with van der Waals surface area (Å²) in [6.45, 7) is 6.12. The third kappa shape index (κ3) is 4.16. The van der Waals surface area contributed by atoms with E-state index in [1.165, 1.54) is 0 Å². The number of nitrogens with one attached hydrogen (secondary N) is 1. The summed E-state index contributed by atoms with van der Waals surface area (Å²) in [7, 11) is -3.17. The molecule has 11 heteroatoms. The van der Waals surface area contributed by atoms with Crippen molar-refractivity contribution in [2.75, 3.05) is 11.1 Å². The van der Waals surface area contributed by atoms with Crippen molar-refractivity contribution in [3.05, 3.63) is 63.6 Å². The largest absolute Gasteiger partial charge is 0.361 e. The summed E-state index contributed by atoms with van der Waals surface area (Å²) in [5, 5.41) is 3.15. The van der Waals surface area contributed by atoms with Gasteiger partial charge in [0.1, 0.15) is 11.8 Å². The van der Waals surface area contributed by atoms with Crippen molar-refractivity contribution in [1.29, 1.82) is 0 Å². The van der Waals surface area contributed by atoms with Crippen LogP contribution in [0.15, 0.2) is 40.4 Å². The zero-order chi connectivity index (χ0) is 25.9. The maximum atomic E-state index is 13.5. The number of hydrogen-bond donors (Lipinski definition) is 1. The number of benzene rings is 1. The molecule has 6 rings (SSSR count). The molecule has 1 aliphatic heterocycles. The van der Waals surface area contributed by atoms with E-state index in [4.69, 9.17) is 4.98 Å². The van der Waals surface area contributed by atoms with Gasteiger partial charge >= 0.3 is 0 Å². The van der Waals surface area contributed by atoms with Crippen molar-refractivity contribution in [2.45, 2.75) is 63.4 Å². The minimum atomic E-state index is -3.17. The van der Waals surface area contributed by atoms with Crippen molar-refractivity contribution in [3.8, 4) is 11.4 Å². The lowest BCUT2D eigenvalue weighted by atomic mass is 10.1. The minimum Gasteiger partial charge on any atom is -0.361 e. The predicted molar refractivity (Wildman–Crippen MR) is 139 cm³/mol. The second-order valence-electron chi connectivity index (χ2n) is 9.99. The first-order chi connectivity index (χ1) is 17.7. The van der Waals surface area contributed by atoms with Crippen LogP contribution in [0, 0.1) is 6.92 Å². The smallest absolute Gasteiger partial charge is 0.295 e. The highest BCUT2D eigenvalue weighted by Crippen LogP contribution is 2.43. The fraction of sp³-hybridized carbons (Fsp3) is 0.385. The minimum absolute atomic E-state index is 0.142. The van der Waals surface area contributed by atoms with E-state index in [1.54, 1.807) is 29.2 Å². The van der Waals surface area contributed by atoms with Gasteiger partial charge in [0, 0.05) is 18.5 Å². The van der Waals surface area contributed by atoms with E-state index < -0.39 is 9.84 Å². The highest BCUT2D eigenvalue weighted by molar-refractivity contribution is 7.91. The van der Waals surface area contributed by atoms with E-state index in [0.717, 1.165) is 40.9 Å². The average Bonchev–Trinajstić information content (AvgIpc) is 3.66. The Balaban J connectivity index is 1.38. The molecule has 1 saturated carbocycles. The first-order valence-corrected chi connectivity index (χ1v) is 14.1. The molecule has 0 radical (unpaired) electrons. The van der Waals surface area contributed by atoms with Gasteiger partial charge in [0.05, 0.1) is 33.8 Å². The molecule has 10 nitrogen and oxygen atoms in total. The lowest BCUT2D eigenvalue weighted by Gasteiger charge is -2.16. The second-order valence-corrected chi connectivity index (χ2v) is 12.1. The van der Waals surface area contributed by atoms with Gasteiger partial charge in [-0.1, -0.05) is 12.1 Å². The maximum Gasteiger partial charge on any atom is 0.295 e. The summed E-state index contributed by atoms with van der Waals surface area (Å²) in [4.78, 5) is 36.7. The molecular formula is C26H27N7O3S. The van der Waals surface area contributed by atoms with Crippen LogP contribution in [0.1, 0.15) is 61.2 Å². The van der Waals surface area contributed by atoms with Crippen molar-refractivity contribution < 1.29 is 8.42 Å². The van der Waals surface area contributed by atoms with E-state index >= 15 is 0 Å². The number of fused-ring (bicyclic) bond motifs is 2. The van der Waals surface area contributed by atoms with Crippen molar-refractivity contribution in [2.24, 2.45) is 0 Å². The number of rotatable bonds is 6. The fourth-order valence-electron chi connectivity index (χ4n) is 4.93. The topological polar surface area (TPSA) is 133 Å². The van der Waals surface area contributed by atoms with Crippen molar-refractivity contribution >= 4 is 26.8 Å².